The summed E-state index contributed by atoms with van der Waals surface area (Å²) in [6.07, 6.45) is 6.85. The molecule has 0 atom stereocenters. The van der Waals surface area contributed by atoms with Gasteiger partial charge >= 0.3 is 0 Å². The van der Waals surface area contributed by atoms with Gasteiger partial charge in [0.2, 0.25) is 0 Å². The Bertz CT molecular complexity index is 1050. The van der Waals surface area contributed by atoms with Gasteiger partial charge in [0.15, 0.2) is 5.78 Å². The maximum Gasteiger partial charge on any atom is 0.161 e. The molecule has 1 aliphatic heterocycles. The fourth-order valence-electron chi connectivity index (χ4n) is 4.82. The van der Waals surface area contributed by atoms with Gasteiger partial charge in [-0.15, -0.1) is 0 Å². The zero-order valence-electron chi connectivity index (χ0n) is 18.9. The van der Waals surface area contributed by atoms with Crippen LogP contribution in [-0.4, -0.2) is 44.0 Å². The number of Topliss-reactive ketones (excluding diaryl/α,β-unsaturated/α-hetero) is 1. The van der Waals surface area contributed by atoms with E-state index in [1.54, 1.807) is 6.92 Å². The number of aryl methyl sites for hydroxylation is 1. The summed E-state index contributed by atoms with van der Waals surface area (Å²) in [5, 5.41) is 0.999. The highest BCUT2D eigenvalue weighted by atomic mass is 127. The number of piperidine rings is 1. The molecule has 0 bridgehead atoms. The number of hydrogen-bond acceptors (Lipinski definition) is 3. The number of carbonyl (C=O) groups excluding carboxylic acids is 1. The highest BCUT2D eigenvalue weighted by molar-refractivity contribution is 14.2. The van der Waals surface area contributed by atoms with Crippen molar-refractivity contribution in [1.82, 2.24) is 9.47 Å². The number of halogens is 1. The molecule has 1 fully saturated rings. The van der Waals surface area contributed by atoms with Crippen molar-refractivity contribution in [2.45, 2.75) is 39.2 Å². The van der Waals surface area contributed by atoms with Gasteiger partial charge in [0, 0.05) is 23.7 Å². The van der Waals surface area contributed by atoms with Crippen LogP contribution in [-0.2, 0) is 13.0 Å². The van der Waals surface area contributed by atoms with Gasteiger partial charge in [0.25, 0.3) is 0 Å². The fraction of sp³-hybridized carbons (Fsp3) is 0.407. The Kier molecular flexibility index (Phi) is 8.14. The lowest BCUT2D eigenvalue weighted by atomic mass is 9.90. The molecule has 170 valence electrons. The molecule has 0 amide bonds. The molecule has 0 saturated carbocycles. The average molecular weight is 544 g/mol. The normalized spacial score (nSPS) is 15.3. The van der Waals surface area contributed by atoms with Gasteiger partial charge in [-0.2, -0.15) is 0 Å². The van der Waals surface area contributed by atoms with Crippen molar-refractivity contribution in [2.24, 2.45) is 5.92 Å². The number of nitrogens with zero attached hydrogens (tertiary/aromatic N) is 2. The monoisotopic (exact) mass is 544 g/mol. The third-order valence-corrected chi connectivity index (χ3v) is 7.23. The second-order valence-corrected chi connectivity index (χ2v) is 10.4. The molecule has 1 aliphatic rings. The summed E-state index contributed by atoms with van der Waals surface area (Å²) in [4.78, 5) is 14.8. The van der Waals surface area contributed by atoms with Crippen LogP contribution in [0.15, 0.2) is 54.7 Å². The van der Waals surface area contributed by atoms with Gasteiger partial charge in [0.05, 0.1) is 5.52 Å². The van der Waals surface area contributed by atoms with Crippen molar-refractivity contribution < 1.29 is 9.53 Å². The van der Waals surface area contributed by atoms with Crippen LogP contribution in [0, 0.1) is 5.92 Å². The van der Waals surface area contributed by atoms with E-state index in [9.17, 15) is 4.79 Å². The molecule has 5 heteroatoms. The molecule has 0 aliphatic carbocycles. The molecule has 0 radical (unpaired) electrons. The van der Waals surface area contributed by atoms with Crippen LogP contribution in [0.4, 0.5) is 0 Å². The predicted octanol–water partition coefficient (Wildman–Crippen LogP) is 5.93. The summed E-state index contributed by atoms with van der Waals surface area (Å²) >= 11 is -0.188. The van der Waals surface area contributed by atoms with E-state index in [-0.39, 0.29) is 26.5 Å². The molecule has 4 rings (SSSR count). The highest BCUT2D eigenvalue weighted by Crippen LogP contribution is 2.31. The second-order valence-electron chi connectivity index (χ2n) is 8.72. The first-order valence-corrected chi connectivity index (χ1v) is 14.6. The summed E-state index contributed by atoms with van der Waals surface area (Å²) < 4.78 is 12.9. The third-order valence-electron chi connectivity index (χ3n) is 6.48. The summed E-state index contributed by atoms with van der Waals surface area (Å²) in [6.45, 7) is 6.01. The lowest BCUT2D eigenvalue weighted by molar-refractivity contribution is 0.101. The van der Waals surface area contributed by atoms with E-state index in [1.807, 2.05) is 24.4 Å². The third kappa shape index (κ3) is 5.67. The largest absolute Gasteiger partial charge is 0.482 e. The van der Waals surface area contributed by atoms with Crippen molar-refractivity contribution in [3.05, 3.63) is 65.9 Å². The zero-order chi connectivity index (χ0) is 22.3. The molecule has 1 saturated heterocycles. The van der Waals surface area contributed by atoms with Crippen LogP contribution in [0.25, 0.3) is 10.9 Å². The number of para-hydroxylation sites is 1. The zero-order valence-corrected chi connectivity index (χ0v) is 21.1. The number of carbonyl (C=O) groups is 1. The Hall–Kier alpha value is -1.99. The van der Waals surface area contributed by atoms with E-state index in [0.29, 0.717) is 4.61 Å². The summed E-state index contributed by atoms with van der Waals surface area (Å²) in [5.74, 6) is 1.78. The number of alkyl halides is 1. The molecule has 3 aromatic rings. The number of rotatable bonds is 10. The van der Waals surface area contributed by atoms with E-state index >= 15 is 0 Å². The molecular formula is C27H33IN2O2. The van der Waals surface area contributed by atoms with Crippen LogP contribution < -0.4 is 4.74 Å². The Morgan fingerprint density at radius 3 is 2.59 bits per heavy atom. The Morgan fingerprint density at radius 2 is 1.88 bits per heavy atom. The Balaban J connectivity index is 1.35. The minimum absolute atomic E-state index is 0.107. The maximum absolute atomic E-state index is 12.2. The van der Waals surface area contributed by atoms with Crippen molar-refractivity contribution in [3.63, 3.8) is 0 Å². The Morgan fingerprint density at radius 1 is 1.09 bits per heavy atom. The minimum Gasteiger partial charge on any atom is -0.482 e. The smallest absolute Gasteiger partial charge is 0.161 e. The van der Waals surface area contributed by atoms with E-state index in [1.165, 1.54) is 37.9 Å². The van der Waals surface area contributed by atoms with Crippen LogP contribution >= 0.6 is 20.7 Å². The second kappa shape index (κ2) is 11.2. The van der Waals surface area contributed by atoms with E-state index < -0.39 is 0 Å². The van der Waals surface area contributed by atoms with Gasteiger partial charge in [-0.25, -0.2) is 0 Å². The molecule has 4 nitrogen and oxygen atoms in total. The molecule has 1 aromatic heterocycles. The van der Waals surface area contributed by atoms with Crippen LogP contribution in [0.3, 0.4) is 0 Å². The van der Waals surface area contributed by atoms with Crippen LogP contribution in [0.5, 0.6) is 5.75 Å². The Labute approximate surface area is 201 Å². The quantitative estimate of drug-likeness (QED) is 0.180. The molecule has 0 unspecified atom stereocenters. The van der Waals surface area contributed by atoms with E-state index in [4.69, 9.17) is 4.74 Å². The molecule has 0 N–H and O–H groups in total. The molecular weight excluding hydrogens is 511 g/mol. The molecule has 32 heavy (non-hydrogen) atoms. The molecule has 2 aromatic carbocycles. The highest BCUT2D eigenvalue weighted by Gasteiger charge is 2.20. The SMILES string of the molecule is C=ICOc1cccc2c(C(C)=O)cn(CCCN3CCC(Cc4ccccc4)CC3)c12. The molecule has 2 heterocycles. The number of ether oxygens (including phenoxy) is 1. The van der Waals surface area contributed by atoms with E-state index in [2.05, 4.69) is 44.3 Å². The predicted molar refractivity (Wildman–Crippen MR) is 143 cm³/mol. The van der Waals surface area contributed by atoms with Gasteiger partial charge in [-0.3, -0.25) is 4.79 Å². The van der Waals surface area contributed by atoms with Gasteiger partial charge in [-0.1, -0.05) is 67.7 Å². The maximum atomic E-state index is 12.2. The first-order valence-electron chi connectivity index (χ1n) is 11.5. The van der Waals surface area contributed by atoms with Crippen molar-refractivity contribution >= 4 is 41.9 Å². The summed E-state index contributed by atoms with van der Waals surface area (Å²) in [6, 6.07) is 16.9. The van der Waals surface area contributed by atoms with Crippen LogP contribution in [0.2, 0.25) is 0 Å². The number of fused-ring (bicyclic) bond motifs is 1. The fourth-order valence-corrected chi connectivity index (χ4v) is 5.38. The van der Waals surface area contributed by atoms with Gasteiger partial charge in [-0.05, 0) is 69.8 Å². The number of aromatic nitrogens is 1. The number of hydrogen-bond donors (Lipinski definition) is 0. The minimum atomic E-state index is -0.188. The van der Waals surface area contributed by atoms with Crippen molar-refractivity contribution in [3.8, 4) is 5.75 Å². The standard InChI is InChI=1S/C27H33IN2O2/c1-21(31)25-19-30(27-24(25)10-6-11-26(27)32-20-28-2)15-7-14-29-16-12-23(13-17-29)18-22-8-4-3-5-9-22/h3-6,8-11,19,23H,2,7,12-18,20H2,1H3. The van der Waals surface area contributed by atoms with Crippen LogP contribution in [0.1, 0.15) is 42.1 Å². The topological polar surface area (TPSA) is 34.5 Å². The van der Waals surface area contributed by atoms with Gasteiger partial charge < -0.3 is 14.2 Å². The lowest BCUT2D eigenvalue weighted by Crippen LogP contribution is -2.35. The van der Waals surface area contributed by atoms with Crippen molar-refractivity contribution in [1.29, 1.82) is 0 Å². The first-order chi connectivity index (χ1) is 15.7. The average Bonchev–Trinajstić information content (AvgIpc) is 3.19. The molecule has 0 spiro atoms. The summed E-state index contributed by atoms with van der Waals surface area (Å²) in [7, 11) is 0. The number of ketones is 1. The number of likely N-dealkylation sites (tertiary alicyclic amines) is 1. The number of benzene rings is 2. The van der Waals surface area contributed by atoms with Crippen molar-refractivity contribution in [2.75, 3.05) is 24.2 Å². The lowest BCUT2D eigenvalue weighted by Gasteiger charge is -2.32. The van der Waals surface area contributed by atoms with E-state index in [0.717, 1.165) is 47.6 Å². The summed E-state index contributed by atoms with van der Waals surface area (Å²) in [5.41, 5.74) is 3.30. The van der Waals surface area contributed by atoms with Gasteiger partial charge in [0.1, 0.15) is 10.4 Å². The first kappa shape index (κ1) is 23.2.